The molecular weight excluding hydrogens is 314 g/mol. The number of ether oxygens (including phenoxy) is 1. The molecule has 0 heterocycles. The van der Waals surface area contributed by atoms with Gasteiger partial charge >= 0.3 is 0 Å². The van der Waals surface area contributed by atoms with Gasteiger partial charge in [-0.05, 0) is 56.9 Å². The molecule has 21 heavy (non-hydrogen) atoms. The quantitative estimate of drug-likeness (QED) is 0.840. The standard InChI is InChI=1S/C14H18ClNO4S/c1-8-7-13(21(15,18)19)9(2)6-12(8)20-10(3)14(17)16-11-4-5-11/h6-7,10-11H,4-5H2,1-3H3,(H,16,17). The first-order valence-electron chi connectivity index (χ1n) is 6.71. The highest BCUT2D eigenvalue weighted by molar-refractivity contribution is 8.13. The average molecular weight is 332 g/mol. The van der Waals surface area contributed by atoms with Crippen LogP contribution in [0.3, 0.4) is 0 Å². The Labute approximate surface area is 129 Å². The summed E-state index contributed by atoms with van der Waals surface area (Å²) in [5.74, 6) is 0.318. The number of nitrogens with one attached hydrogen (secondary N) is 1. The van der Waals surface area contributed by atoms with Crippen LogP contribution < -0.4 is 10.1 Å². The number of amides is 1. The SMILES string of the molecule is Cc1cc(S(=O)(=O)Cl)c(C)cc1OC(C)C(=O)NC1CC1. The summed E-state index contributed by atoms with van der Waals surface area (Å²) in [5, 5.41) is 2.86. The van der Waals surface area contributed by atoms with Gasteiger partial charge in [0.05, 0.1) is 4.90 Å². The number of halogens is 1. The molecule has 1 aromatic rings. The molecule has 0 aromatic heterocycles. The molecule has 5 nitrogen and oxygen atoms in total. The average Bonchev–Trinajstić information content (AvgIpc) is 3.15. The lowest BCUT2D eigenvalue weighted by Gasteiger charge is -2.17. The van der Waals surface area contributed by atoms with Gasteiger partial charge in [0, 0.05) is 16.7 Å². The number of hydrogen-bond donors (Lipinski definition) is 1. The highest BCUT2D eigenvalue weighted by Crippen LogP contribution is 2.28. The normalized spacial score (nSPS) is 16.4. The molecule has 0 radical (unpaired) electrons. The Morgan fingerprint density at radius 3 is 2.48 bits per heavy atom. The highest BCUT2D eigenvalue weighted by Gasteiger charge is 2.26. The van der Waals surface area contributed by atoms with Crippen LogP contribution in [0.5, 0.6) is 5.75 Å². The molecule has 1 unspecified atom stereocenters. The Hall–Kier alpha value is -1.27. The Kier molecular flexibility index (Phi) is 4.49. The molecule has 1 atom stereocenters. The fourth-order valence-electron chi connectivity index (χ4n) is 1.94. The zero-order valence-corrected chi connectivity index (χ0v) is 13.7. The molecule has 1 aliphatic rings. The van der Waals surface area contributed by atoms with E-state index in [-0.39, 0.29) is 16.8 Å². The number of carbonyl (C=O) groups excluding carboxylic acids is 1. The molecule has 2 rings (SSSR count). The molecule has 1 aliphatic carbocycles. The van der Waals surface area contributed by atoms with Gasteiger partial charge in [0.15, 0.2) is 6.10 Å². The maximum Gasteiger partial charge on any atom is 0.261 e. The number of aryl methyl sites for hydroxylation is 2. The fraction of sp³-hybridized carbons (Fsp3) is 0.500. The van der Waals surface area contributed by atoms with Crippen molar-refractivity contribution >= 4 is 25.6 Å². The van der Waals surface area contributed by atoms with Gasteiger partial charge in [0.25, 0.3) is 15.0 Å². The summed E-state index contributed by atoms with van der Waals surface area (Å²) in [6.07, 6.45) is 1.39. The molecule has 0 aliphatic heterocycles. The lowest BCUT2D eigenvalue weighted by molar-refractivity contribution is -0.127. The fourth-order valence-corrected chi connectivity index (χ4v) is 3.20. The van der Waals surface area contributed by atoms with Crippen LogP contribution in [0.15, 0.2) is 17.0 Å². The van der Waals surface area contributed by atoms with Crippen LogP contribution >= 0.6 is 10.7 Å². The largest absolute Gasteiger partial charge is 0.481 e. The van der Waals surface area contributed by atoms with Crippen molar-refractivity contribution in [2.75, 3.05) is 0 Å². The van der Waals surface area contributed by atoms with E-state index in [1.54, 1.807) is 26.8 Å². The summed E-state index contributed by atoms with van der Waals surface area (Å²) >= 11 is 0. The maximum atomic E-state index is 11.9. The van der Waals surface area contributed by atoms with Crippen molar-refractivity contribution in [2.45, 2.75) is 50.7 Å². The number of carbonyl (C=O) groups is 1. The topological polar surface area (TPSA) is 72.5 Å². The third-order valence-corrected chi connectivity index (χ3v) is 4.80. The van der Waals surface area contributed by atoms with Gasteiger partial charge in [0.2, 0.25) is 0 Å². The first-order chi connectivity index (χ1) is 9.68. The first-order valence-corrected chi connectivity index (χ1v) is 9.02. The lowest BCUT2D eigenvalue weighted by Crippen LogP contribution is -2.37. The van der Waals surface area contributed by atoms with E-state index >= 15 is 0 Å². The van der Waals surface area contributed by atoms with Crippen LogP contribution in [0.4, 0.5) is 0 Å². The van der Waals surface area contributed by atoms with Crippen LogP contribution in [0.1, 0.15) is 30.9 Å². The number of rotatable bonds is 5. The maximum absolute atomic E-state index is 11.9. The number of hydrogen-bond acceptors (Lipinski definition) is 4. The van der Waals surface area contributed by atoms with Crippen LogP contribution in [0.25, 0.3) is 0 Å². The minimum absolute atomic E-state index is 0.0594. The summed E-state index contributed by atoms with van der Waals surface area (Å²) < 4.78 is 28.5. The second-order valence-electron chi connectivity index (χ2n) is 5.36. The summed E-state index contributed by atoms with van der Waals surface area (Å²) in [4.78, 5) is 11.9. The van der Waals surface area contributed by atoms with E-state index in [9.17, 15) is 13.2 Å². The molecule has 7 heteroatoms. The smallest absolute Gasteiger partial charge is 0.261 e. The van der Waals surface area contributed by atoms with Gasteiger partial charge in [-0.3, -0.25) is 4.79 Å². The molecule has 0 bridgehead atoms. The van der Waals surface area contributed by atoms with Crippen LogP contribution in [-0.2, 0) is 13.8 Å². The van der Waals surface area contributed by atoms with Crippen molar-refractivity contribution in [3.8, 4) is 5.75 Å². The molecule has 116 valence electrons. The zero-order valence-electron chi connectivity index (χ0n) is 12.1. The van der Waals surface area contributed by atoms with Gasteiger partial charge in [-0.25, -0.2) is 8.42 Å². The lowest BCUT2D eigenvalue weighted by atomic mass is 10.1. The van der Waals surface area contributed by atoms with Gasteiger partial charge < -0.3 is 10.1 Å². The molecule has 0 spiro atoms. The molecule has 1 saturated carbocycles. The first kappa shape index (κ1) is 16.1. The second kappa shape index (κ2) is 5.85. The molecular formula is C14H18ClNO4S. The summed E-state index contributed by atoms with van der Waals surface area (Å²) in [5.41, 5.74) is 1.10. The minimum atomic E-state index is -3.79. The van der Waals surface area contributed by atoms with E-state index in [0.29, 0.717) is 16.9 Å². The van der Waals surface area contributed by atoms with E-state index in [4.69, 9.17) is 15.4 Å². The highest BCUT2D eigenvalue weighted by atomic mass is 35.7. The van der Waals surface area contributed by atoms with Crippen molar-refractivity contribution in [3.05, 3.63) is 23.3 Å². The summed E-state index contributed by atoms with van der Waals surface area (Å²) in [6, 6.07) is 3.32. The molecule has 1 amide bonds. The van der Waals surface area contributed by atoms with Gasteiger partial charge in [-0.2, -0.15) is 0 Å². The third kappa shape index (κ3) is 4.11. The zero-order chi connectivity index (χ0) is 15.8. The second-order valence-corrected chi connectivity index (χ2v) is 7.90. The molecule has 0 saturated heterocycles. The van der Waals surface area contributed by atoms with Crippen molar-refractivity contribution in [1.29, 1.82) is 0 Å². The van der Waals surface area contributed by atoms with Crippen molar-refractivity contribution in [3.63, 3.8) is 0 Å². The predicted octanol–water partition coefficient (Wildman–Crippen LogP) is 2.28. The Morgan fingerprint density at radius 2 is 1.95 bits per heavy atom. The van der Waals surface area contributed by atoms with Gasteiger partial charge in [-0.15, -0.1) is 0 Å². The van der Waals surface area contributed by atoms with E-state index in [1.165, 1.54) is 6.07 Å². The van der Waals surface area contributed by atoms with Crippen LogP contribution in [0, 0.1) is 13.8 Å². The molecule has 1 fully saturated rings. The Bertz CT molecular complexity index is 668. The van der Waals surface area contributed by atoms with Gasteiger partial charge in [0.1, 0.15) is 5.75 Å². The summed E-state index contributed by atoms with van der Waals surface area (Å²) in [7, 11) is 1.59. The molecule has 1 aromatic carbocycles. The van der Waals surface area contributed by atoms with E-state index in [1.807, 2.05) is 0 Å². The monoisotopic (exact) mass is 331 g/mol. The van der Waals surface area contributed by atoms with Crippen LogP contribution in [-0.4, -0.2) is 26.5 Å². The molecule has 1 N–H and O–H groups in total. The Balaban J connectivity index is 2.16. The van der Waals surface area contributed by atoms with E-state index in [0.717, 1.165) is 12.8 Å². The van der Waals surface area contributed by atoms with E-state index in [2.05, 4.69) is 5.32 Å². The minimum Gasteiger partial charge on any atom is -0.481 e. The third-order valence-electron chi connectivity index (χ3n) is 3.33. The predicted molar refractivity (Wildman–Crippen MR) is 80.2 cm³/mol. The number of benzene rings is 1. The van der Waals surface area contributed by atoms with E-state index < -0.39 is 15.2 Å². The summed E-state index contributed by atoms with van der Waals surface area (Å²) in [6.45, 7) is 5.01. The van der Waals surface area contributed by atoms with Crippen LogP contribution in [0.2, 0.25) is 0 Å². The van der Waals surface area contributed by atoms with Crippen molar-refractivity contribution in [1.82, 2.24) is 5.32 Å². The van der Waals surface area contributed by atoms with Crippen molar-refractivity contribution in [2.24, 2.45) is 0 Å². The Morgan fingerprint density at radius 1 is 1.33 bits per heavy atom. The van der Waals surface area contributed by atoms with Gasteiger partial charge in [-0.1, -0.05) is 0 Å². The van der Waals surface area contributed by atoms with Crippen molar-refractivity contribution < 1.29 is 17.9 Å².